The number of halogens is 1. The molecule has 1 aromatic rings. The van der Waals surface area contributed by atoms with Gasteiger partial charge in [-0.1, -0.05) is 24.8 Å². The van der Waals surface area contributed by atoms with E-state index in [1.165, 1.54) is 6.07 Å². The standard InChI is InChI=1S/C16H22FNO/c1-4-9-18(13(2)3)12-14-7-8-16(17)15(11-14)6-5-10-19/h7-8,11,13,19H,4,9-10,12H2,1-3H3. The van der Waals surface area contributed by atoms with Crippen molar-refractivity contribution in [1.82, 2.24) is 4.90 Å². The molecule has 0 aromatic heterocycles. The van der Waals surface area contributed by atoms with Crippen LogP contribution in [0.15, 0.2) is 18.2 Å². The van der Waals surface area contributed by atoms with Crippen LogP contribution < -0.4 is 0 Å². The van der Waals surface area contributed by atoms with E-state index >= 15 is 0 Å². The van der Waals surface area contributed by atoms with Crippen molar-refractivity contribution >= 4 is 0 Å². The fraction of sp³-hybridized carbons (Fsp3) is 0.500. The third-order valence-electron chi connectivity index (χ3n) is 2.96. The molecule has 0 saturated carbocycles. The second kappa shape index (κ2) is 7.93. The molecule has 104 valence electrons. The number of benzene rings is 1. The largest absolute Gasteiger partial charge is 0.384 e. The minimum absolute atomic E-state index is 0.252. The Morgan fingerprint density at radius 2 is 2.11 bits per heavy atom. The summed E-state index contributed by atoms with van der Waals surface area (Å²) in [5.74, 6) is 4.79. The highest BCUT2D eigenvalue weighted by Gasteiger charge is 2.10. The van der Waals surface area contributed by atoms with Crippen molar-refractivity contribution in [2.75, 3.05) is 13.2 Å². The molecule has 19 heavy (non-hydrogen) atoms. The maximum Gasteiger partial charge on any atom is 0.138 e. The predicted octanol–water partition coefficient (Wildman–Crippen LogP) is 2.79. The van der Waals surface area contributed by atoms with Crippen LogP contribution in [0.3, 0.4) is 0 Å². The van der Waals surface area contributed by atoms with Gasteiger partial charge in [0.2, 0.25) is 0 Å². The van der Waals surface area contributed by atoms with E-state index in [1.54, 1.807) is 12.1 Å². The fourth-order valence-corrected chi connectivity index (χ4v) is 1.94. The number of nitrogens with zero attached hydrogens (tertiary/aromatic N) is 1. The van der Waals surface area contributed by atoms with Crippen molar-refractivity contribution in [3.63, 3.8) is 0 Å². The Hall–Kier alpha value is -1.37. The van der Waals surface area contributed by atoms with E-state index in [2.05, 4.69) is 37.5 Å². The first kappa shape index (κ1) is 15.7. The summed E-state index contributed by atoms with van der Waals surface area (Å²) in [6.07, 6.45) is 1.09. The van der Waals surface area contributed by atoms with Gasteiger partial charge in [0.1, 0.15) is 12.4 Å². The van der Waals surface area contributed by atoms with Crippen LogP contribution in [0.1, 0.15) is 38.3 Å². The Balaban J connectivity index is 2.89. The summed E-state index contributed by atoms with van der Waals surface area (Å²) in [4.78, 5) is 2.34. The Kier molecular flexibility index (Phi) is 6.55. The van der Waals surface area contributed by atoms with Crippen LogP contribution in [-0.4, -0.2) is 29.2 Å². The Morgan fingerprint density at radius 3 is 2.68 bits per heavy atom. The smallest absolute Gasteiger partial charge is 0.138 e. The zero-order valence-corrected chi connectivity index (χ0v) is 11.9. The minimum atomic E-state index is -0.337. The SMILES string of the molecule is CCCN(Cc1ccc(F)c(C#CCO)c1)C(C)C. The number of aliphatic hydroxyl groups excluding tert-OH is 1. The van der Waals surface area contributed by atoms with Gasteiger partial charge in [0, 0.05) is 12.6 Å². The van der Waals surface area contributed by atoms with Gasteiger partial charge in [-0.25, -0.2) is 4.39 Å². The normalized spacial score (nSPS) is 10.7. The topological polar surface area (TPSA) is 23.5 Å². The number of rotatable bonds is 5. The van der Waals surface area contributed by atoms with Gasteiger partial charge >= 0.3 is 0 Å². The van der Waals surface area contributed by atoms with Gasteiger partial charge in [0.05, 0.1) is 5.56 Å². The van der Waals surface area contributed by atoms with Crippen molar-refractivity contribution in [3.8, 4) is 11.8 Å². The van der Waals surface area contributed by atoms with E-state index in [-0.39, 0.29) is 12.4 Å². The number of aliphatic hydroxyl groups is 1. The zero-order chi connectivity index (χ0) is 14.3. The molecule has 0 fully saturated rings. The lowest BCUT2D eigenvalue weighted by molar-refractivity contribution is 0.213. The van der Waals surface area contributed by atoms with E-state index in [4.69, 9.17) is 5.11 Å². The molecular weight excluding hydrogens is 241 g/mol. The third-order valence-corrected chi connectivity index (χ3v) is 2.96. The molecule has 1 rings (SSSR count). The van der Waals surface area contributed by atoms with Crippen LogP contribution in [-0.2, 0) is 6.54 Å². The van der Waals surface area contributed by atoms with Crippen molar-refractivity contribution in [3.05, 3.63) is 35.1 Å². The maximum atomic E-state index is 13.5. The molecule has 0 aliphatic rings. The molecule has 0 radical (unpaired) electrons. The van der Waals surface area contributed by atoms with Crippen molar-refractivity contribution < 1.29 is 9.50 Å². The second-order valence-corrected chi connectivity index (χ2v) is 4.84. The summed E-state index contributed by atoms with van der Waals surface area (Å²) in [5.41, 5.74) is 1.40. The molecule has 1 aromatic carbocycles. The first-order valence-corrected chi connectivity index (χ1v) is 6.70. The zero-order valence-electron chi connectivity index (χ0n) is 11.9. The van der Waals surface area contributed by atoms with Gasteiger partial charge in [0.15, 0.2) is 0 Å². The van der Waals surface area contributed by atoms with E-state index in [0.717, 1.165) is 25.1 Å². The predicted molar refractivity (Wildman–Crippen MR) is 76.2 cm³/mol. The van der Waals surface area contributed by atoms with Gasteiger partial charge in [-0.3, -0.25) is 4.90 Å². The van der Waals surface area contributed by atoms with Gasteiger partial charge in [-0.15, -0.1) is 0 Å². The van der Waals surface area contributed by atoms with Crippen molar-refractivity contribution in [2.45, 2.75) is 39.8 Å². The lowest BCUT2D eigenvalue weighted by Crippen LogP contribution is -2.31. The molecule has 0 spiro atoms. The highest BCUT2D eigenvalue weighted by molar-refractivity contribution is 5.38. The molecule has 0 unspecified atom stereocenters. The van der Waals surface area contributed by atoms with Crippen LogP contribution in [0, 0.1) is 17.7 Å². The maximum absolute atomic E-state index is 13.5. The average Bonchev–Trinajstić information content (AvgIpc) is 2.38. The second-order valence-electron chi connectivity index (χ2n) is 4.84. The number of hydrogen-bond donors (Lipinski definition) is 1. The third kappa shape index (κ3) is 5.02. The van der Waals surface area contributed by atoms with Crippen LogP contribution in [0.5, 0.6) is 0 Å². The van der Waals surface area contributed by atoms with E-state index < -0.39 is 0 Å². The van der Waals surface area contributed by atoms with E-state index in [9.17, 15) is 4.39 Å². The monoisotopic (exact) mass is 263 g/mol. The molecule has 0 bridgehead atoms. The van der Waals surface area contributed by atoms with Crippen molar-refractivity contribution in [2.24, 2.45) is 0 Å². The summed E-state index contributed by atoms with van der Waals surface area (Å²) in [7, 11) is 0. The number of hydrogen-bond acceptors (Lipinski definition) is 2. The Morgan fingerprint density at radius 1 is 1.37 bits per heavy atom. The molecule has 0 atom stereocenters. The molecular formula is C16H22FNO. The molecule has 2 nitrogen and oxygen atoms in total. The average molecular weight is 263 g/mol. The molecule has 3 heteroatoms. The highest BCUT2D eigenvalue weighted by atomic mass is 19.1. The van der Waals surface area contributed by atoms with Gasteiger partial charge in [-0.2, -0.15) is 0 Å². The van der Waals surface area contributed by atoms with Gasteiger partial charge < -0.3 is 5.11 Å². The minimum Gasteiger partial charge on any atom is -0.384 e. The molecule has 0 amide bonds. The van der Waals surface area contributed by atoms with Crippen molar-refractivity contribution in [1.29, 1.82) is 0 Å². The fourth-order valence-electron chi connectivity index (χ4n) is 1.94. The lowest BCUT2D eigenvalue weighted by Gasteiger charge is -2.26. The quantitative estimate of drug-likeness (QED) is 0.826. The molecule has 0 aliphatic carbocycles. The van der Waals surface area contributed by atoms with Gasteiger partial charge in [-0.05, 0) is 44.5 Å². The molecule has 0 aliphatic heterocycles. The van der Waals surface area contributed by atoms with Crippen LogP contribution >= 0.6 is 0 Å². The summed E-state index contributed by atoms with van der Waals surface area (Å²) >= 11 is 0. The van der Waals surface area contributed by atoms with E-state index in [0.29, 0.717) is 11.6 Å². The molecule has 1 N–H and O–H groups in total. The van der Waals surface area contributed by atoms with Gasteiger partial charge in [0.25, 0.3) is 0 Å². The summed E-state index contributed by atoms with van der Waals surface area (Å²) in [6.45, 7) is 8.03. The van der Waals surface area contributed by atoms with E-state index in [1.807, 2.05) is 0 Å². The van der Waals surface area contributed by atoms with Crippen LogP contribution in [0.25, 0.3) is 0 Å². The lowest BCUT2D eigenvalue weighted by atomic mass is 10.1. The molecule has 0 saturated heterocycles. The first-order chi connectivity index (χ1) is 9.08. The summed E-state index contributed by atoms with van der Waals surface area (Å²) in [6, 6.07) is 5.46. The molecule has 0 heterocycles. The first-order valence-electron chi connectivity index (χ1n) is 6.70. The van der Waals surface area contributed by atoms with Crippen LogP contribution in [0.2, 0.25) is 0 Å². The summed E-state index contributed by atoms with van der Waals surface area (Å²) in [5, 5.41) is 8.67. The Bertz CT molecular complexity index is 460. The summed E-state index contributed by atoms with van der Waals surface area (Å²) < 4.78 is 13.5. The highest BCUT2D eigenvalue weighted by Crippen LogP contribution is 2.13. The Labute approximate surface area is 115 Å². The van der Waals surface area contributed by atoms with Crippen LogP contribution in [0.4, 0.5) is 4.39 Å².